The number of aromatic carboxylic acids is 1. The van der Waals surface area contributed by atoms with Gasteiger partial charge >= 0.3 is 5.97 Å². The fourth-order valence-corrected chi connectivity index (χ4v) is 1.89. The third-order valence-corrected chi connectivity index (χ3v) is 2.91. The number of hydrogen-bond donors (Lipinski definition) is 1. The van der Waals surface area contributed by atoms with Crippen LogP contribution in [0.1, 0.15) is 10.4 Å². The van der Waals surface area contributed by atoms with Gasteiger partial charge in [0.15, 0.2) is 0 Å². The zero-order chi connectivity index (χ0) is 14.7. The summed E-state index contributed by atoms with van der Waals surface area (Å²) in [4.78, 5) is 10.8. The van der Waals surface area contributed by atoms with E-state index in [0.29, 0.717) is 17.1 Å². The summed E-state index contributed by atoms with van der Waals surface area (Å²) in [7, 11) is 2.99. The lowest BCUT2D eigenvalue weighted by Gasteiger charge is -2.11. The number of halogens is 1. The first-order valence-corrected chi connectivity index (χ1v) is 5.82. The first-order chi connectivity index (χ1) is 9.56. The first kappa shape index (κ1) is 13.9. The lowest BCUT2D eigenvalue weighted by Crippen LogP contribution is -1.98. The maximum Gasteiger partial charge on any atom is 0.335 e. The Morgan fingerprint density at radius 3 is 2.35 bits per heavy atom. The molecule has 0 aromatic heterocycles. The van der Waals surface area contributed by atoms with Gasteiger partial charge in [0.2, 0.25) is 0 Å². The quantitative estimate of drug-likeness (QED) is 0.931. The second-order valence-electron chi connectivity index (χ2n) is 4.07. The topological polar surface area (TPSA) is 55.8 Å². The van der Waals surface area contributed by atoms with Crippen LogP contribution >= 0.6 is 0 Å². The third-order valence-electron chi connectivity index (χ3n) is 2.91. The van der Waals surface area contributed by atoms with Gasteiger partial charge in [0.1, 0.15) is 17.3 Å². The molecule has 0 radical (unpaired) electrons. The molecule has 0 aliphatic heterocycles. The standard InChI is InChI=1S/C15H13FO4/c1-19-10-4-6-14(20-2)12(8-10)11-5-3-9(15(17)18)7-13(11)16/h3-8H,1-2H3,(H,17,18). The van der Waals surface area contributed by atoms with Crippen molar-refractivity contribution in [3.8, 4) is 22.6 Å². The van der Waals surface area contributed by atoms with Gasteiger partial charge < -0.3 is 14.6 Å². The molecule has 0 bridgehead atoms. The minimum atomic E-state index is -1.17. The molecule has 0 fully saturated rings. The predicted octanol–water partition coefficient (Wildman–Crippen LogP) is 3.21. The normalized spacial score (nSPS) is 10.2. The monoisotopic (exact) mass is 276 g/mol. The Labute approximate surface area is 115 Å². The molecule has 0 saturated heterocycles. The molecular formula is C15H13FO4. The Kier molecular flexibility index (Phi) is 3.89. The van der Waals surface area contributed by atoms with E-state index in [9.17, 15) is 9.18 Å². The van der Waals surface area contributed by atoms with Crippen LogP contribution in [0.2, 0.25) is 0 Å². The van der Waals surface area contributed by atoms with E-state index in [1.54, 1.807) is 18.2 Å². The molecule has 0 aliphatic rings. The number of hydrogen-bond acceptors (Lipinski definition) is 3. The average molecular weight is 276 g/mol. The molecule has 5 heteroatoms. The van der Waals surface area contributed by atoms with Crippen molar-refractivity contribution >= 4 is 5.97 Å². The molecule has 0 spiro atoms. The summed E-state index contributed by atoms with van der Waals surface area (Å²) in [5.41, 5.74) is 0.653. The van der Waals surface area contributed by atoms with Gasteiger partial charge in [-0.3, -0.25) is 0 Å². The van der Waals surface area contributed by atoms with Crippen molar-refractivity contribution in [2.75, 3.05) is 14.2 Å². The van der Waals surface area contributed by atoms with Crippen molar-refractivity contribution in [1.29, 1.82) is 0 Å². The highest BCUT2D eigenvalue weighted by Crippen LogP contribution is 2.35. The van der Waals surface area contributed by atoms with Crippen molar-refractivity contribution in [1.82, 2.24) is 0 Å². The minimum absolute atomic E-state index is 0.104. The highest BCUT2D eigenvalue weighted by molar-refractivity contribution is 5.88. The maximum absolute atomic E-state index is 14.1. The van der Waals surface area contributed by atoms with Gasteiger partial charge in [0.05, 0.1) is 19.8 Å². The summed E-state index contributed by atoms with van der Waals surface area (Å²) in [5.74, 6) is -0.764. The Morgan fingerprint density at radius 1 is 1.05 bits per heavy atom. The molecule has 0 heterocycles. The fourth-order valence-electron chi connectivity index (χ4n) is 1.89. The number of ether oxygens (including phenoxy) is 2. The van der Waals surface area contributed by atoms with Crippen molar-refractivity contribution in [3.05, 3.63) is 47.8 Å². The van der Waals surface area contributed by atoms with Crippen LogP contribution in [-0.2, 0) is 0 Å². The Morgan fingerprint density at radius 2 is 1.80 bits per heavy atom. The van der Waals surface area contributed by atoms with Gasteiger partial charge in [-0.2, -0.15) is 0 Å². The lowest BCUT2D eigenvalue weighted by molar-refractivity contribution is 0.0696. The van der Waals surface area contributed by atoms with Crippen LogP contribution in [0.4, 0.5) is 4.39 Å². The van der Waals surface area contributed by atoms with E-state index in [0.717, 1.165) is 6.07 Å². The number of carbonyl (C=O) groups is 1. The summed E-state index contributed by atoms with van der Waals surface area (Å²) in [6.45, 7) is 0. The SMILES string of the molecule is COc1ccc(OC)c(-c2ccc(C(=O)O)cc2F)c1. The summed E-state index contributed by atoms with van der Waals surface area (Å²) in [5, 5.41) is 8.84. The third kappa shape index (κ3) is 2.56. The largest absolute Gasteiger partial charge is 0.497 e. The van der Waals surface area contributed by atoms with E-state index >= 15 is 0 Å². The summed E-state index contributed by atoms with van der Waals surface area (Å²) < 4.78 is 24.4. The van der Waals surface area contributed by atoms with Crippen LogP contribution in [0, 0.1) is 5.82 Å². The number of carboxylic acids is 1. The van der Waals surface area contributed by atoms with Crippen molar-refractivity contribution in [3.63, 3.8) is 0 Å². The van der Waals surface area contributed by atoms with Gasteiger partial charge in [-0.15, -0.1) is 0 Å². The highest BCUT2D eigenvalue weighted by atomic mass is 19.1. The maximum atomic E-state index is 14.1. The van der Waals surface area contributed by atoms with E-state index in [1.807, 2.05) is 0 Å². The fraction of sp³-hybridized carbons (Fsp3) is 0.133. The molecule has 0 saturated carbocycles. The van der Waals surface area contributed by atoms with E-state index < -0.39 is 11.8 Å². The average Bonchev–Trinajstić information content (AvgIpc) is 2.46. The van der Waals surface area contributed by atoms with Crippen LogP contribution < -0.4 is 9.47 Å². The molecule has 4 nitrogen and oxygen atoms in total. The van der Waals surface area contributed by atoms with Gasteiger partial charge in [0, 0.05) is 11.1 Å². The summed E-state index contributed by atoms with van der Waals surface area (Å²) in [6.07, 6.45) is 0. The van der Waals surface area contributed by atoms with E-state index in [2.05, 4.69) is 0 Å². The van der Waals surface area contributed by atoms with Gasteiger partial charge in [0.25, 0.3) is 0 Å². The van der Waals surface area contributed by atoms with Crippen molar-refractivity contribution in [2.24, 2.45) is 0 Å². The number of carboxylic acid groups (broad SMARTS) is 1. The van der Waals surface area contributed by atoms with Gasteiger partial charge in [-0.25, -0.2) is 9.18 Å². The van der Waals surface area contributed by atoms with Crippen molar-refractivity contribution < 1.29 is 23.8 Å². The molecular weight excluding hydrogens is 263 g/mol. The van der Waals surface area contributed by atoms with Crippen LogP contribution in [0.15, 0.2) is 36.4 Å². The predicted molar refractivity (Wildman–Crippen MR) is 71.9 cm³/mol. The van der Waals surface area contributed by atoms with E-state index in [4.69, 9.17) is 14.6 Å². The zero-order valence-corrected chi connectivity index (χ0v) is 11.0. The molecule has 0 atom stereocenters. The van der Waals surface area contributed by atoms with Crippen LogP contribution in [0.5, 0.6) is 11.5 Å². The van der Waals surface area contributed by atoms with E-state index in [-0.39, 0.29) is 11.1 Å². The molecule has 2 rings (SSSR count). The summed E-state index contributed by atoms with van der Waals surface area (Å²) >= 11 is 0. The van der Waals surface area contributed by atoms with Crippen LogP contribution in [-0.4, -0.2) is 25.3 Å². The molecule has 1 N–H and O–H groups in total. The molecule has 0 unspecified atom stereocenters. The first-order valence-electron chi connectivity index (χ1n) is 5.82. The molecule has 0 amide bonds. The summed E-state index contributed by atoms with van der Waals surface area (Å²) in [6, 6.07) is 8.74. The zero-order valence-electron chi connectivity index (χ0n) is 11.0. The van der Waals surface area contributed by atoms with Crippen molar-refractivity contribution in [2.45, 2.75) is 0 Å². The lowest BCUT2D eigenvalue weighted by atomic mass is 10.0. The highest BCUT2D eigenvalue weighted by Gasteiger charge is 2.14. The molecule has 2 aromatic rings. The molecule has 104 valence electrons. The molecule has 0 aliphatic carbocycles. The molecule has 2 aromatic carbocycles. The Hall–Kier alpha value is -2.56. The van der Waals surface area contributed by atoms with Crippen LogP contribution in [0.25, 0.3) is 11.1 Å². The van der Waals surface area contributed by atoms with Gasteiger partial charge in [-0.1, -0.05) is 6.07 Å². The Bertz CT molecular complexity index is 652. The Balaban J connectivity index is 2.58. The molecule has 20 heavy (non-hydrogen) atoms. The number of rotatable bonds is 4. The number of benzene rings is 2. The smallest absolute Gasteiger partial charge is 0.335 e. The second kappa shape index (κ2) is 5.61. The van der Waals surface area contributed by atoms with Gasteiger partial charge in [-0.05, 0) is 30.3 Å². The number of methoxy groups -OCH3 is 2. The minimum Gasteiger partial charge on any atom is -0.497 e. The second-order valence-corrected chi connectivity index (χ2v) is 4.07. The van der Waals surface area contributed by atoms with E-state index in [1.165, 1.54) is 26.4 Å². The van der Waals surface area contributed by atoms with Crippen LogP contribution in [0.3, 0.4) is 0 Å².